The topological polar surface area (TPSA) is 71.3 Å². The lowest BCUT2D eigenvalue weighted by molar-refractivity contribution is -0.00551. The van der Waals surface area contributed by atoms with Gasteiger partial charge in [-0.2, -0.15) is 5.10 Å². The average molecular weight is 390 g/mol. The van der Waals surface area contributed by atoms with Crippen LogP contribution < -0.4 is 4.90 Å². The predicted molar refractivity (Wildman–Crippen MR) is 114 cm³/mol. The summed E-state index contributed by atoms with van der Waals surface area (Å²) in [6.45, 7) is 10.1. The first-order valence-corrected chi connectivity index (χ1v) is 10.3. The van der Waals surface area contributed by atoms with Gasteiger partial charge in [0.25, 0.3) is 0 Å². The highest BCUT2D eigenvalue weighted by atomic mass is 16.5. The van der Waals surface area contributed by atoms with E-state index < -0.39 is 0 Å². The lowest BCUT2D eigenvalue weighted by atomic mass is 10.1. The number of aromatic amines is 1. The maximum absolute atomic E-state index is 5.88. The van der Waals surface area contributed by atoms with E-state index in [1.165, 1.54) is 0 Å². The maximum atomic E-state index is 5.88. The molecule has 0 saturated carbocycles. The normalized spacial score (nSPS) is 20.1. The Hall–Kier alpha value is -2.93. The zero-order valence-electron chi connectivity index (χ0n) is 17.3. The number of aryl methyl sites for hydroxylation is 2. The molecule has 5 rings (SSSR count). The summed E-state index contributed by atoms with van der Waals surface area (Å²) in [6, 6.07) is 10.5. The Labute approximate surface area is 169 Å². The largest absolute Gasteiger partial charge is 0.372 e. The number of aromatic nitrogens is 5. The number of hydrogen-bond donors (Lipinski definition) is 1. The molecule has 0 aliphatic carbocycles. The van der Waals surface area contributed by atoms with Crippen LogP contribution in [0.1, 0.15) is 32.2 Å². The molecule has 4 aromatic rings. The minimum Gasteiger partial charge on any atom is -0.372 e. The van der Waals surface area contributed by atoms with Crippen molar-refractivity contribution < 1.29 is 4.74 Å². The Morgan fingerprint density at radius 3 is 2.69 bits per heavy atom. The van der Waals surface area contributed by atoms with E-state index in [-0.39, 0.29) is 12.2 Å². The minimum atomic E-state index is 0.191. The molecule has 7 heteroatoms. The van der Waals surface area contributed by atoms with Crippen LogP contribution in [0.25, 0.3) is 27.8 Å². The van der Waals surface area contributed by atoms with E-state index in [4.69, 9.17) is 14.8 Å². The van der Waals surface area contributed by atoms with Crippen LogP contribution in [-0.4, -0.2) is 50.1 Å². The van der Waals surface area contributed by atoms with Crippen LogP contribution in [0.5, 0.6) is 0 Å². The molecule has 0 radical (unpaired) electrons. The Kier molecular flexibility index (Phi) is 4.28. The van der Waals surface area contributed by atoms with Crippen molar-refractivity contribution in [2.45, 2.75) is 46.3 Å². The van der Waals surface area contributed by atoms with Crippen molar-refractivity contribution >= 4 is 22.4 Å². The number of nitrogens with one attached hydrogen (secondary N) is 1. The Balaban J connectivity index is 1.63. The van der Waals surface area contributed by atoms with Crippen molar-refractivity contribution in [1.29, 1.82) is 0 Å². The first-order valence-electron chi connectivity index (χ1n) is 10.3. The molecule has 1 N–H and O–H groups in total. The zero-order chi connectivity index (χ0) is 20.1. The molecular weight excluding hydrogens is 364 g/mol. The molecule has 0 bridgehead atoms. The first kappa shape index (κ1) is 18.1. The van der Waals surface area contributed by atoms with Crippen LogP contribution in [0.15, 0.2) is 30.3 Å². The van der Waals surface area contributed by atoms with Crippen molar-refractivity contribution in [3.8, 4) is 11.3 Å². The van der Waals surface area contributed by atoms with Crippen LogP contribution >= 0.6 is 0 Å². The molecule has 1 saturated heterocycles. The number of H-pyrrole nitrogens is 1. The lowest BCUT2D eigenvalue weighted by Crippen LogP contribution is -2.46. The number of benzene rings is 1. The standard InChI is InChI=1S/C22H26N6O/c1-5-18-17-10-16(6-7-19(17)25-24-18)22-15(4)23-20-8-9-21(26-28(20)22)27-11-13(2)29-14(3)12-27/h6-10,13-14H,5,11-12H2,1-4H3,(H,24,25)/t13-,14+. The van der Waals surface area contributed by atoms with Crippen molar-refractivity contribution in [1.82, 2.24) is 24.8 Å². The molecule has 0 spiro atoms. The molecule has 1 fully saturated rings. The molecule has 1 aliphatic rings. The van der Waals surface area contributed by atoms with E-state index >= 15 is 0 Å². The van der Waals surface area contributed by atoms with Crippen LogP contribution in [0, 0.1) is 6.92 Å². The third kappa shape index (κ3) is 3.06. The van der Waals surface area contributed by atoms with E-state index in [2.05, 4.69) is 66.2 Å². The van der Waals surface area contributed by atoms with E-state index in [1.54, 1.807) is 0 Å². The second kappa shape index (κ2) is 6.84. The third-order valence-corrected chi connectivity index (χ3v) is 5.63. The quantitative estimate of drug-likeness (QED) is 0.577. The van der Waals surface area contributed by atoms with Gasteiger partial charge in [-0.1, -0.05) is 13.0 Å². The monoisotopic (exact) mass is 390 g/mol. The summed E-state index contributed by atoms with van der Waals surface area (Å²) in [7, 11) is 0. The summed E-state index contributed by atoms with van der Waals surface area (Å²) in [5, 5.41) is 13.7. The number of morpholine rings is 1. The van der Waals surface area contributed by atoms with Gasteiger partial charge < -0.3 is 9.64 Å². The SMILES string of the molecule is CCc1n[nH]c2ccc(-c3c(C)nc4ccc(N5C[C@@H](C)O[C@@H](C)C5)nn34)cc12. The van der Waals surface area contributed by atoms with Crippen molar-refractivity contribution in [3.05, 3.63) is 41.7 Å². The van der Waals surface area contributed by atoms with E-state index in [9.17, 15) is 0 Å². The number of hydrogen-bond acceptors (Lipinski definition) is 5. The van der Waals surface area contributed by atoms with Gasteiger partial charge in [0.2, 0.25) is 0 Å². The van der Waals surface area contributed by atoms with Gasteiger partial charge in [0.15, 0.2) is 5.65 Å². The van der Waals surface area contributed by atoms with Gasteiger partial charge in [0.05, 0.1) is 34.8 Å². The fourth-order valence-electron chi connectivity index (χ4n) is 4.38. The highest BCUT2D eigenvalue weighted by molar-refractivity contribution is 5.86. The molecule has 7 nitrogen and oxygen atoms in total. The molecule has 1 aliphatic heterocycles. The molecule has 150 valence electrons. The van der Waals surface area contributed by atoms with E-state index in [0.29, 0.717) is 0 Å². The Morgan fingerprint density at radius 1 is 1.14 bits per heavy atom. The molecule has 0 amide bonds. The average Bonchev–Trinajstić information content (AvgIpc) is 3.25. The number of anilines is 1. The van der Waals surface area contributed by atoms with Gasteiger partial charge in [0.1, 0.15) is 5.82 Å². The lowest BCUT2D eigenvalue weighted by Gasteiger charge is -2.35. The van der Waals surface area contributed by atoms with Gasteiger partial charge in [-0.05, 0) is 51.5 Å². The van der Waals surface area contributed by atoms with Crippen LogP contribution in [-0.2, 0) is 11.2 Å². The Bertz CT molecular complexity index is 1180. The van der Waals surface area contributed by atoms with Gasteiger partial charge in [0, 0.05) is 24.0 Å². The van der Waals surface area contributed by atoms with Crippen LogP contribution in [0.4, 0.5) is 5.82 Å². The van der Waals surface area contributed by atoms with Gasteiger partial charge in [-0.15, -0.1) is 5.10 Å². The number of imidazole rings is 1. The summed E-state index contributed by atoms with van der Waals surface area (Å²) in [5.74, 6) is 0.955. The highest BCUT2D eigenvalue weighted by Gasteiger charge is 2.24. The predicted octanol–water partition coefficient (Wildman–Crippen LogP) is 3.76. The zero-order valence-corrected chi connectivity index (χ0v) is 17.3. The molecule has 3 aromatic heterocycles. The van der Waals surface area contributed by atoms with E-state index in [1.807, 2.05) is 11.4 Å². The molecule has 29 heavy (non-hydrogen) atoms. The highest BCUT2D eigenvalue weighted by Crippen LogP contribution is 2.29. The van der Waals surface area contributed by atoms with Gasteiger partial charge in [-0.25, -0.2) is 9.50 Å². The summed E-state index contributed by atoms with van der Waals surface area (Å²) >= 11 is 0. The first-order chi connectivity index (χ1) is 14.0. The van der Waals surface area contributed by atoms with Crippen LogP contribution in [0.3, 0.4) is 0 Å². The minimum absolute atomic E-state index is 0.191. The fraction of sp³-hybridized carbons (Fsp3) is 0.409. The van der Waals surface area contributed by atoms with Crippen LogP contribution in [0.2, 0.25) is 0 Å². The van der Waals surface area contributed by atoms with Crippen molar-refractivity contribution in [2.24, 2.45) is 0 Å². The maximum Gasteiger partial charge on any atom is 0.154 e. The molecule has 4 heterocycles. The number of rotatable bonds is 3. The summed E-state index contributed by atoms with van der Waals surface area (Å²) in [4.78, 5) is 7.05. The smallest absolute Gasteiger partial charge is 0.154 e. The fourth-order valence-corrected chi connectivity index (χ4v) is 4.38. The summed E-state index contributed by atoms with van der Waals surface area (Å²) < 4.78 is 7.85. The van der Waals surface area contributed by atoms with E-state index in [0.717, 1.165) is 64.5 Å². The second-order valence-electron chi connectivity index (χ2n) is 7.95. The summed E-state index contributed by atoms with van der Waals surface area (Å²) in [5.41, 5.74) is 6.10. The number of nitrogens with zero attached hydrogens (tertiary/aromatic N) is 5. The molecule has 1 aromatic carbocycles. The van der Waals surface area contributed by atoms with Crippen molar-refractivity contribution in [3.63, 3.8) is 0 Å². The molecule has 2 atom stereocenters. The summed E-state index contributed by atoms with van der Waals surface area (Å²) in [6.07, 6.45) is 1.28. The number of ether oxygens (including phenoxy) is 1. The Morgan fingerprint density at radius 2 is 1.93 bits per heavy atom. The van der Waals surface area contributed by atoms with Gasteiger partial charge in [-0.3, -0.25) is 5.10 Å². The second-order valence-corrected chi connectivity index (χ2v) is 7.95. The van der Waals surface area contributed by atoms with Gasteiger partial charge >= 0.3 is 0 Å². The molecular formula is C22H26N6O. The third-order valence-electron chi connectivity index (χ3n) is 5.63. The number of fused-ring (bicyclic) bond motifs is 2. The van der Waals surface area contributed by atoms with Crippen molar-refractivity contribution in [2.75, 3.05) is 18.0 Å². The molecule has 0 unspecified atom stereocenters.